The fourth-order valence-corrected chi connectivity index (χ4v) is 20.7. The van der Waals surface area contributed by atoms with E-state index in [0.717, 1.165) is 111 Å². The van der Waals surface area contributed by atoms with Crippen LogP contribution in [0, 0.1) is 45.5 Å². The molecule has 747 valence electrons. The van der Waals surface area contributed by atoms with E-state index >= 15 is 0 Å². The lowest BCUT2D eigenvalue weighted by molar-refractivity contribution is -0.249. The number of aryl methyl sites for hydroxylation is 4. The number of carbonyl (C=O) groups excluding carboxylic acids is 6. The van der Waals surface area contributed by atoms with Crippen LogP contribution in [0.3, 0.4) is 0 Å². The minimum absolute atomic E-state index is 0.295. The Bertz CT molecular complexity index is 5980. The van der Waals surface area contributed by atoms with Crippen LogP contribution < -0.4 is 4.65 Å². The van der Waals surface area contributed by atoms with Gasteiger partial charge in [-0.1, -0.05) is 110 Å². The van der Waals surface area contributed by atoms with Gasteiger partial charge in [-0.25, -0.2) is 15.0 Å². The van der Waals surface area contributed by atoms with Crippen molar-refractivity contribution >= 4 is 112 Å². The van der Waals surface area contributed by atoms with Crippen LogP contribution in [-0.2, 0) is 102 Å². The van der Waals surface area contributed by atoms with E-state index in [9.17, 15) is 82.8 Å². The SMILES string of the molecule is CC[C@H]1O[C@@H](c2ccc(C)c(Cc3ccc(-c4ccc(F)nc4)s3)c2)[C@H](OC(C)=O)[C@@H](OC(C)=O)[C@@H]1OC(C)=O.CC[C@H]1O[C@@H](c2ccc(C)c(Cc3ccc(Cl)s3)c2)[C@H](OC(C)=O)[C@@H](OC(C)=O)[C@@H]1OC(C)=O.Cc1ccc([C@@H]2O[C@H](CO)[C@@H](O)[C@H](O)[C@H]2O)cc1Cc1ccc(-c2ccc(F)nc2)s1.Cc1ccc([C@@H]2O[C@H](CO)[C@@H](O)[C@H](O)[C@H]2O)cc1Cc1ccc(Cl)s1.O[B]Oc1ccc(F)nc1. The third kappa shape index (κ3) is 29.7. The molecule has 0 aliphatic carbocycles. The predicted molar refractivity (Wildman–Crippen MR) is 517 cm³/mol. The van der Waals surface area contributed by atoms with Crippen molar-refractivity contribution in [2.75, 3.05) is 13.2 Å². The third-order valence-corrected chi connectivity index (χ3v) is 28.2. The number of esters is 6. The molecule has 11 heterocycles. The highest BCUT2D eigenvalue weighted by Crippen LogP contribution is 2.44. The van der Waals surface area contributed by atoms with Crippen molar-refractivity contribution in [2.24, 2.45) is 0 Å². The van der Waals surface area contributed by atoms with Crippen molar-refractivity contribution in [3.05, 3.63) is 289 Å². The van der Waals surface area contributed by atoms with Gasteiger partial charge in [-0.3, -0.25) is 28.8 Å². The Hall–Kier alpha value is -10.3. The van der Waals surface area contributed by atoms with Gasteiger partial charge >= 0.3 is 43.5 Å². The summed E-state index contributed by atoms with van der Waals surface area (Å²) >= 11 is 18.3. The number of hydrogen-bond acceptors (Lipinski definition) is 33. The quantitative estimate of drug-likeness (QED) is 0.0105. The van der Waals surface area contributed by atoms with Gasteiger partial charge in [-0.15, -0.1) is 45.3 Å². The van der Waals surface area contributed by atoms with E-state index in [1.165, 1.54) is 101 Å². The second-order valence-electron chi connectivity index (χ2n) is 33.6. The first kappa shape index (κ1) is 110. The van der Waals surface area contributed by atoms with Gasteiger partial charge in [0.1, 0.15) is 79.0 Å². The summed E-state index contributed by atoms with van der Waals surface area (Å²) in [6.45, 7) is 18.5. The van der Waals surface area contributed by atoms with Gasteiger partial charge in [0, 0.05) is 120 Å². The number of carbonyl (C=O) groups is 6. The minimum Gasteiger partial charge on any atom is -0.536 e. The molecule has 4 aliphatic rings. The fraction of sp³-hybridized carbons (Fsp3) is 0.396. The van der Waals surface area contributed by atoms with Crippen molar-refractivity contribution in [3.8, 4) is 26.6 Å². The first-order chi connectivity index (χ1) is 66.7. The Morgan fingerprint density at radius 1 is 0.357 bits per heavy atom. The number of thiophene rings is 4. The van der Waals surface area contributed by atoms with Gasteiger partial charge in [-0.2, -0.15) is 13.2 Å². The number of pyridine rings is 3. The number of halogens is 5. The molecule has 7 aromatic heterocycles. The van der Waals surface area contributed by atoms with Gasteiger partial charge < -0.3 is 97.9 Å². The summed E-state index contributed by atoms with van der Waals surface area (Å²) in [5.41, 5.74) is 13.1. The van der Waals surface area contributed by atoms with E-state index in [0.29, 0.717) is 63.1 Å². The molecule has 9 N–H and O–H groups in total. The average Bonchev–Trinajstić information content (AvgIpc) is 1.18. The molecule has 4 saturated heterocycles. The molecule has 140 heavy (non-hydrogen) atoms. The zero-order chi connectivity index (χ0) is 102. The van der Waals surface area contributed by atoms with Crippen LogP contribution in [0.15, 0.2) is 176 Å². The van der Waals surface area contributed by atoms with Gasteiger partial charge in [0.05, 0.1) is 40.3 Å². The molecular formula is C101H110BCl2F3N3O26S4. The smallest absolute Gasteiger partial charge is 0.536 e. The van der Waals surface area contributed by atoms with Crippen LogP contribution >= 0.6 is 68.5 Å². The zero-order valence-corrected chi connectivity index (χ0v) is 83.1. The van der Waals surface area contributed by atoms with E-state index in [2.05, 4.69) is 19.6 Å². The second-order valence-corrected chi connectivity index (χ2v) is 39.6. The number of nitrogens with zero attached hydrogens (tertiary/aromatic N) is 3. The maximum atomic E-state index is 13.2. The lowest BCUT2D eigenvalue weighted by atomic mass is 9.88. The molecule has 0 unspecified atom stereocenters. The number of aliphatic hydroxyl groups is 8. The molecule has 4 aromatic carbocycles. The highest BCUT2D eigenvalue weighted by Gasteiger charge is 2.54. The Labute approximate surface area is 834 Å². The molecule has 0 saturated carbocycles. The summed E-state index contributed by atoms with van der Waals surface area (Å²) in [6.07, 6.45) is -12.5. The zero-order valence-electron chi connectivity index (χ0n) is 78.4. The van der Waals surface area contributed by atoms with Gasteiger partial charge in [0.15, 0.2) is 36.6 Å². The second kappa shape index (κ2) is 51.6. The lowest BCUT2D eigenvalue weighted by Crippen LogP contribution is -2.58. The van der Waals surface area contributed by atoms with Gasteiger partial charge in [0.2, 0.25) is 17.8 Å². The standard InChI is InChI=1S/C30H32FNO7S.C25H29ClO7S.C23H24FNO5S.C18H21ClO5S.C5H4BFNO2/c1-6-24-28(36-17(3)33)30(38-19(5)35)29(37-18(4)34)27(39-24)20-8-7-16(2)22(13-20)14-23-10-11-25(40-23)21-9-12-26(31)32-15-21;1-6-20-23(30-14(3)27)25(32-16(5)29)24(31-15(4)28)22(33-20)17-8-7-13(2)18(11-17)12-19-9-10-21(26)34-19;1-12-2-3-13(23-22(29)21(28)20(27)17(11-26)30-23)8-15(12)9-16-5-6-18(31-16)14-4-7-19(24)25-10-14;1-9-2-3-10(6-11(9)7-12-4-5-14(19)25-12)18-17(23)16(22)15(21)13(8-20)24-18;7-5-2-1-4(3-8-5)10-6-9/h7-13,15,24,27-30H,6,14H2,1-5H3;7-11,20,22-25H,6,12H2,1-5H3;2-8,10,17,20-23,26-29H,9,11H2,1H3;2-6,13,15-18,20-23H,7-8H2,1H3;1-3,9H/t24-,27+,28-,29+,30+;20-,22+,23-,24+,25+;17-,20-,21+,22-,23+;13-,15-,16+,17-,18+;/m1111./s1. The molecule has 11 aromatic rings. The maximum absolute atomic E-state index is 13.2. The van der Waals surface area contributed by atoms with Crippen LogP contribution in [0.1, 0.15) is 179 Å². The Kier molecular flexibility index (Phi) is 40.5. The molecule has 20 atom stereocenters. The van der Waals surface area contributed by atoms with Gasteiger partial charge in [-0.05, 0) is 192 Å². The topological polar surface area (TPSA) is 425 Å². The fourth-order valence-electron chi connectivity index (χ4n) is 16.4. The average molecular weight is 2050 g/mol. The van der Waals surface area contributed by atoms with Crippen molar-refractivity contribution in [3.63, 3.8) is 0 Å². The summed E-state index contributed by atoms with van der Waals surface area (Å²) in [5.74, 6) is -4.74. The van der Waals surface area contributed by atoms with Crippen LogP contribution in [0.5, 0.6) is 5.75 Å². The first-order valence-electron chi connectivity index (χ1n) is 44.7. The normalized spacial score (nSPS) is 24.1. The number of rotatable bonds is 26. The Balaban J connectivity index is 0.000000174. The van der Waals surface area contributed by atoms with Crippen molar-refractivity contribution < 1.29 is 140 Å². The highest BCUT2D eigenvalue weighted by molar-refractivity contribution is 7.17. The van der Waals surface area contributed by atoms with Crippen LogP contribution in [0.4, 0.5) is 13.2 Å². The maximum Gasteiger partial charge on any atom is 0.569 e. The van der Waals surface area contributed by atoms with E-state index in [1.54, 1.807) is 34.8 Å². The van der Waals surface area contributed by atoms with Crippen LogP contribution in [-0.4, -0.2) is 215 Å². The van der Waals surface area contributed by atoms with E-state index in [-0.39, 0.29) is 0 Å². The number of aromatic nitrogens is 3. The molecule has 4 fully saturated rings. The molecule has 0 bridgehead atoms. The Morgan fingerprint density at radius 2 is 0.650 bits per heavy atom. The number of hydrogen-bond donors (Lipinski definition) is 9. The highest BCUT2D eigenvalue weighted by atomic mass is 35.5. The summed E-state index contributed by atoms with van der Waals surface area (Å²) < 4.78 is 102. The van der Waals surface area contributed by atoms with E-state index in [4.69, 9.17) is 75.6 Å². The van der Waals surface area contributed by atoms with Crippen LogP contribution in [0.25, 0.3) is 20.9 Å². The summed E-state index contributed by atoms with van der Waals surface area (Å²) in [6, 6.07) is 47.4. The predicted octanol–water partition coefficient (Wildman–Crippen LogP) is 14.7. The lowest BCUT2D eigenvalue weighted by Gasteiger charge is -2.45. The minimum atomic E-state index is -1.41. The molecule has 29 nitrogen and oxygen atoms in total. The van der Waals surface area contributed by atoms with E-state index in [1.807, 2.05) is 163 Å². The summed E-state index contributed by atoms with van der Waals surface area (Å²) in [5, 5.41) is 87.6. The molecule has 0 spiro atoms. The number of aliphatic hydroxyl groups excluding tert-OH is 8. The third-order valence-electron chi connectivity index (χ3n) is 23.4. The van der Waals surface area contributed by atoms with Gasteiger partial charge in [0.25, 0.3) is 0 Å². The number of benzene rings is 4. The molecule has 1 radical (unpaired) electrons. The molecule has 4 aliphatic heterocycles. The monoisotopic (exact) mass is 2050 g/mol. The van der Waals surface area contributed by atoms with E-state index < -0.39 is 189 Å². The number of ether oxygens (including phenoxy) is 10. The van der Waals surface area contributed by atoms with Crippen LogP contribution in [0.2, 0.25) is 8.67 Å². The molecule has 39 heteroatoms. The first-order valence-corrected chi connectivity index (χ1v) is 48.7. The van der Waals surface area contributed by atoms with Crippen molar-refractivity contribution in [1.82, 2.24) is 15.0 Å². The largest absolute Gasteiger partial charge is 0.569 e. The van der Waals surface area contributed by atoms with Crippen molar-refractivity contribution in [2.45, 2.75) is 244 Å². The summed E-state index contributed by atoms with van der Waals surface area (Å²) in [7, 11) is 0.509. The summed E-state index contributed by atoms with van der Waals surface area (Å²) in [4.78, 5) is 89.1. The molecule has 15 rings (SSSR count). The molecule has 0 amide bonds. The Morgan fingerprint density at radius 3 is 0.929 bits per heavy atom. The van der Waals surface area contributed by atoms with Crippen molar-refractivity contribution in [1.29, 1.82) is 0 Å². The molecular weight excluding hydrogens is 1940 g/mol.